The zero-order valence-corrected chi connectivity index (χ0v) is 18.9. The number of ketones is 1. The van der Waals surface area contributed by atoms with Gasteiger partial charge in [0.2, 0.25) is 0 Å². The van der Waals surface area contributed by atoms with Gasteiger partial charge in [-0.1, -0.05) is 11.8 Å². The number of amides is 1. The summed E-state index contributed by atoms with van der Waals surface area (Å²) in [5.74, 6) is 0.582. The molecule has 0 saturated carbocycles. The third-order valence-corrected chi connectivity index (χ3v) is 5.44. The van der Waals surface area contributed by atoms with E-state index in [9.17, 15) is 14.4 Å². The van der Waals surface area contributed by atoms with Gasteiger partial charge in [-0.3, -0.25) is 19.4 Å². The van der Waals surface area contributed by atoms with Gasteiger partial charge in [-0.2, -0.15) is 0 Å². The summed E-state index contributed by atoms with van der Waals surface area (Å²) >= 11 is 1.02. The lowest BCUT2D eigenvalue weighted by atomic mass is 10.1. The average molecular weight is 471 g/mol. The van der Waals surface area contributed by atoms with Crippen molar-refractivity contribution in [3.8, 4) is 17.2 Å². The van der Waals surface area contributed by atoms with E-state index < -0.39 is 11.5 Å². The lowest BCUT2D eigenvalue weighted by molar-refractivity contribution is 0.101. The topological polar surface area (TPSA) is 146 Å². The molecule has 11 heteroatoms. The molecule has 3 aromatic rings. The van der Waals surface area contributed by atoms with Crippen LogP contribution in [-0.4, -0.2) is 48.7 Å². The highest BCUT2D eigenvalue weighted by Crippen LogP contribution is 2.28. The number of nitrogen functional groups attached to an aromatic ring is 1. The number of anilines is 2. The first-order valence-corrected chi connectivity index (χ1v) is 10.6. The van der Waals surface area contributed by atoms with E-state index in [1.807, 2.05) is 0 Å². The number of Topliss-reactive ketones (excluding diaryl/α,β-unsaturated/α-hetero) is 1. The Balaban J connectivity index is 1.70. The molecule has 0 radical (unpaired) electrons. The molecule has 1 aromatic heterocycles. The number of hydrogen-bond acceptors (Lipinski definition) is 9. The van der Waals surface area contributed by atoms with Gasteiger partial charge in [0.05, 0.1) is 27.1 Å². The summed E-state index contributed by atoms with van der Waals surface area (Å²) < 4.78 is 15.4. The number of thioether (sulfide) groups is 1. The first-order chi connectivity index (χ1) is 15.9. The second-order valence-corrected chi connectivity index (χ2v) is 7.56. The molecule has 3 rings (SSSR count). The number of H-pyrrole nitrogens is 1. The Labute approximate surface area is 193 Å². The van der Waals surface area contributed by atoms with Gasteiger partial charge in [-0.25, -0.2) is 4.98 Å². The van der Waals surface area contributed by atoms with Gasteiger partial charge >= 0.3 is 0 Å². The van der Waals surface area contributed by atoms with Crippen LogP contribution < -0.4 is 30.8 Å². The van der Waals surface area contributed by atoms with Gasteiger partial charge in [0, 0.05) is 11.1 Å². The van der Waals surface area contributed by atoms with Crippen LogP contribution in [0.1, 0.15) is 20.7 Å². The van der Waals surface area contributed by atoms with Crippen LogP contribution in [0.4, 0.5) is 11.5 Å². The molecule has 2 aromatic carbocycles. The predicted octanol–water partition coefficient (Wildman–Crippen LogP) is 2.61. The second kappa shape index (κ2) is 10.6. The van der Waals surface area contributed by atoms with Crippen molar-refractivity contribution in [1.29, 1.82) is 0 Å². The smallest absolute Gasteiger partial charge is 0.277 e. The number of rotatable bonds is 9. The average Bonchev–Trinajstić information content (AvgIpc) is 2.84. The van der Waals surface area contributed by atoms with Crippen molar-refractivity contribution < 1.29 is 23.8 Å². The van der Waals surface area contributed by atoms with Crippen LogP contribution in [-0.2, 0) is 0 Å². The third-order valence-electron chi connectivity index (χ3n) is 4.56. The van der Waals surface area contributed by atoms with Crippen molar-refractivity contribution >= 4 is 35.0 Å². The van der Waals surface area contributed by atoms with Crippen LogP contribution in [0.5, 0.6) is 17.2 Å². The molecule has 0 saturated heterocycles. The molecule has 4 N–H and O–H groups in total. The van der Waals surface area contributed by atoms with Crippen LogP contribution >= 0.6 is 11.8 Å². The number of hydrogen-bond donors (Lipinski definition) is 3. The molecule has 1 heterocycles. The lowest BCUT2D eigenvalue weighted by Crippen LogP contribution is -2.23. The van der Waals surface area contributed by atoms with Gasteiger partial charge < -0.3 is 25.3 Å². The maximum atomic E-state index is 12.6. The Morgan fingerprint density at radius 2 is 1.67 bits per heavy atom. The van der Waals surface area contributed by atoms with E-state index in [4.69, 9.17) is 19.9 Å². The minimum atomic E-state index is -0.643. The maximum absolute atomic E-state index is 12.6. The van der Waals surface area contributed by atoms with E-state index in [1.54, 1.807) is 37.4 Å². The highest BCUT2D eigenvalue weighted by atomic mass is 32.2. The molecular weight excluding hydrogens is 448 g/mol. The fourth-order valence-electron chi connectivity index (χ4n) is 2.82. The third kappa shape index (κ3) is 5.63. The number of carbonyl (C=O) groups is 2. The van der Waals surface area contributed by atoms with Gasteiger partial charge in [0.25, 0.3) is 11.5 Å². The van der Waals surface area contributed by atoms with Crippen molar-refractivity contribution in [2.24, 2.45) is 0 Å². The van der Waals surface area contributed by atoms with Gasteiger partial charge in [0.15, 0.2) is 28.3 Å². The highest BCUT2D eigenvalue weighted by molar-refractivity contribution is 7.99. The minimum absolute atomic E-state index is 0.0338. The van der Waals surface area contributed by atoms with Crippen molar-refractivity contribution in [3.63, 3.8) is 0 Å². The zero-order chi connectivity index (χ0) is 24.0. The monoisotopic (exact) mass is 470 g/mol. The Hall–Kier alpha value is -3.99. The number of nitrogens with two attached hydrogens (primary N) is 1. The number of nitrogens with zero attached hydrogens (tertiary/aromatic N) is 1. The molecule has 0 spiro atoms. The molecule has 0 atom stereocenters. The predicted molar refractivity (Wildman–Crippen MR) is 125 cm³/mol. The second-order valence-electron chi connectivity index (χ2n) is 6.60. The first-order valence-electron chi connectivity index (χ1n) is 9.59. The number of ether oxygens (including phenoxy) is 3. The molecule has 1 amide bonds. The van der Waals surface area contributed by atoms with Crippen LogP contribution in [0.15, 0.2) is 52.4 Å². The summed E-state index contributed by atoms with van der Waals surface area (Å²) in [4.78, 5) is 44.1. The van der Waals surface area contributed by atoms with E-state index in [1.165, 1.54) is 26.4 Å². The summed E-state index contributed by atoms with van der Waals surface area (Å²) in [6, 6.07) is 11.2. The van der Waals surface area contributed by atoms with Gasteiger partial charge in [0.1, 0.15) is 11.4 Å². The zero-order valence-electron chi connectivity index (χ0n) is 18.1. The quantitative estimate of drug-likeness (QED) is 0.244. The number of aromatic amines is 1. The molecule has 0 aliphatic heterocycles. The molecule has 0 fully saturated rings. The molecule has 172 valence electrons. The fraction of sp³-hybridized carbons (Fsp3) is 0.182. The van der Waals surface area contributed by atoms with E-state index in [2.05, 4.69) is 15.3 Å². The van der Waals surface area contributed by atoms with E-state index in [-0.39, 0.29) is 33.8 Å². The largest absolute Gasteiger partial charge is 0.497 e. The van der Waals surface area contributed by atoms with E-state index in [0.29, 0.717) is 22.8 Å². The number of methoxy groups -OCH3 is 3. The van der Waals surface area contributed by atoms with Crippen molar-refractivity contribution in [2.75, 3.05) is 38.1 Å². The van der Waals surface area contributed by atoms with Gasteiger partial charge in [-0.15, -0.1) is 0 Å². The maximum Gasteiger partial charge on any atom is 0.277 e. The Morgan fingerprint density at radius 3 is 2.27 bits per heavy atom. The number of carbonyl (C=O) groups excluding carboxylic acids is 2. The minimum Gasteiger partial charge on any atom is -0.497 e. The number of aromatic nitrogens is 2. The lowest BCUT2D eigenvalue weighted by Gasteiger charge is -2.11. The Kier molecular flexibility index (Phi) is 7.57. The Morgan fingerprint density at radius 1 is 1.00 bits per heavy atom. The summed E-state index contributed by atoms with van der Waals surface area (Å²) in [6.45, 7) is 0. The van der Waals surface area contributed by atoms with Gasteiger partial charge in [-0.05, 0) is 42.5 Å². The van der Waals surface area contributed by atoms with E-state index in [0.717, 1.165) is 11.8 Å². The molecule has 33 heavy (non-hydrogen) atoms. The summed E-state index contributed by atoms with van der Waals surface area (Å²) in [5.41, 5.74) is 5.79. The number of benzene rings is 2. The Bertz CT molecular complexity index is 1230. The van der Waals surface area contributed by atoms with Crippen molar-refractivity contribution in [1.82, 2.24) is 9.97 Å². The molecule has 0 bridgehead atoms. The molecule has 0 aliphatic carbocycles. The number of nitrogens with one attached hydrogen (secondary N) is 2. The molecular formula is C22H22N4O6S. The van der Waals surface area contributed by atoms with Crippen molar-refractivity contribution in [2.45, 2.75) is 5.16 Å². The van der Waals surface area contributed by atoms with E-state index >= 15 is 0 Å². The first kappa shape index (κ1) is 23.7. The molecule has 0 aliphatic rings. The van der Waals surface area contributed by atoms with Crippen LogP contribution in [0.25, 0.3) is 0 Å². The summed E-state index contributed by atoms with van der Waals surface area (Å²) in [6.07, 6.45) is 0. The molecule has 0 unspecified atom stereocenters. The standard InChI is InChI=1S/C22H22N4O6S/c1-30-14-7-4-12(5-8-14)15(27)11-33-22-25-19(23)18(21(29)26-22)24-20(28)13-6-9-16(31-2)17(10-13)32-3/h4-10H,11H2,1-3H3,(H,24,28)(H3,23,25,26,29). The van der Waals surface area contributed by atoms with Crippen LogP contribution in [0, 0.1) is 0 Å². The normalized spacial score (nSPS) is 10.4. The van der Waals surface area contributed by atoms with Crippen molar-refractivity contribution in [3.05, 3.63) is 63.9 Å². The molecule has 10 nitrogen and oxygen atoms in total. The SMILES string of the molecule is COc1ccc(C(=O)CSc2nc(N)c(NC(=O)c3ccc(OC)c(OC)c3)c(=O)[nH]2)cc1. The highest BCUT2D eigenvalue weighted by Gasteiger charge is 2.17. The fourth-order valence-corrected chi connectivity index (χ4v) is 3.58. The summed E-state index contributed by atoms with van der Waals surface area (Å²) in [7, 11) is 4.47. The summed E-state index contributed by atoms with van der Waals surface area (Å²) in [5, 5.41) is 2.61. The van der Waals surface area contributed by atoms with Crippen LogP contribution in [0.2, 0.25) is 0 Å². The van der Waals surface area contributed by atoms with Crippen LogP contribution in [0.3, 0.4) is 0 Å².